The Bertz CT molecular complexity index is 502. The first-order valence-corrected chi connectivity index (χ1v) is 5.92. The number of imidazole rings is 1. The second-order valence-corrected chi connectivity index (χ2v) is 4.14. The standard InChI is InChI=1S/C13H18N4/c1-4-5-15-12-6-13(8-14-7-12)17-9-16-10(2)11(17)3/h6-9,15H,4-5H2,1-3H3. The van der Waals surface area contributed by atoms with Gasteiger partial charge >= 0.3 is 0 Å². The molecule has 4 heteroatoms. The SMILES string of the molecule is CCCNc1cncc(-n2cnc(C)c2C)c1. The summed E-state index contributed by atoms with van der Waals surface area (Å²) in [4.78, 5) is 8.55. The second-order valence-electron chi connectivity index (χ2n) is 4.14. The van der Waals surface area contributed by atoms with Gasteiger partial charge in [0.1, 0.15) is 0 Å². The van der Waals surface area contributed by atoms with E-state index in [0.29, 0.717) is 0 Å². The number of hydrogen-bond acceptors (Lipinski definition) is 3. The maximum absolute atomic E-state index is 4.30. The number of anilines is 1. The molecule has 0 unspecified atom stereocenters. The molecule has 0 fully saturated rings. The molecule has 0 atom stereocenters. The highest BCUT2D eigenvalue weighted by Gasteiger charge is 2.05. The van der Waals surface area contributed by atoms with Crippen LogP contribution in [0.4, 0.5) is 5.69 Å². The van der Waals surface area contributed by atoms with Gasteiger partial charge in [-0.1, -0.05) is 6.92 Å². The molecule has 2 rings (SSSR count). The predicted molar refractivity (Wildman–Crippen MR) is 69.6 cm³/mol. The van der Waals surface area contributed by atoms with Gasteiger partial charge in [-0.25, -0.2) is 4.98 Å². The van der Waals surface area contributed by atoms with E-state index in [1.807, 2.05) is 25.6 Å². The van der Waals surface area contributed by atoms with Gasteiger partial charge in [-0.2, -0.15) is 0 Å². The fourth-order valence-corrected chi connectivity index (χ4v) is 1.68. The summed E-state index contributed by atoms with van der Waals surface area (Å²) in [5, 5.41) is 3.33. The molecule has 2 heterocycles. The van der Waals surface area contributed by atoms with E-state index in [-0.39, 0.29) is 0 Å². The van der Waals surface area contributed by atoms with Crippen molar-refractivity contribution in [3.8, 4) is 5.69 Å². The Balaban J connectivity index is 2.30. The molecule has 0 radical (unpaired) electrons. The average molecular weight is 230 g/mol. The lowest BCUT2D eigenvalue weighted by Crippen LogP contribution is -2.02. The van der Waals surface area contributed by atoms with E-state index in [2.05, 4.69) is 39.8 Å². The largest absolute Gasteiger partial charge is 0.384 e. The highest BCUT2D eigenvalue weighted by atomic mass is 15.1. The van der Waals surface area contributed by atoms with Crippen LogP contribution >= 0.6 is 0 Å². The molecule has 0 bridgehead atoms. The lowest BCUT2D eigenvalue weighted by molar-refractivity contribution is 0.965. The molecule has 0 saturated carbocycles. The van der Waals surface area contributed by atoms with Gasteiger partial charge in [0.25, 0.3) is 0 Å². The normalized spacial score (nSPS) is 10.5. The van der Waals surface area contributed by atoms with Crippen molar-refractivity contribution in [2.45, 2.75) is 27.2 Å². The molecule has 17 heavy (non-hydrogen) atoms. The molecule has 0 aliphatic heterocycles. The number of nitrogens with zero attached hydrogens (tertiary/aromatic N) is 3. The van der Waals surface area contributed by atoms with E-state index in [1.54, 1.807) is 0 Å². The molecule has 0 saturated heterocycles. The Labute approximate surface area is 102 Å². The monoisotopic (exact) mass is 230 g/mol. The third-order valence-corrected chi connectivity index (χ3v) is 2.83. The summed E-state index contributed by atoms with van der Waals surface area (Å²) in [6.07, 6.45) is 6.64. The van der Waals surface area contributed by atoms with Gasteiger partial charge in [-0.3, -0.25) is 4.98 Å². The van der Waals surface area contributed by atoms with Crippen LogP contribution in [0.15, 0.2) is 24.8 Å². The van der Waals surface area contributed by atoms with Crippen LogP contribution < -0.4 is 5.32 Å². The first-order chi connectivity index (χ1) is 8.22. The topological polar surface area (TPSA) is 42.7 Å². The van der Waals surface area contributed by atoms with E-state index >= 15 is 0 Å². The smallest absolute Gasteiger partial charge is 0.0997 e. The van der Waals surface area contributed by atoms with Crippen LogP contribution in [0.25, 0.3) is 5.69 Å². The first-order valence-electron chi connectivity index (χ1n) is 5.92. The number of hydrogen-bond donors (Lipinski definition) is 1. The summed E-state index contributed by atoms with van der Waals surface area (Å²) < 4.78 is 2.06. The molecular weight excluding hydrogens is 212 g/mol. The minimum atomic E-state index is 0.965. The summed E-state index contributed by atoms with van der Waals surface area (Å²) in [5.41, 5.74) is 4.30. The van der Waals surface area contributed by atoms with Crippen molar-refractivity contribution >= 4 is 5.69 Å². The van der Waals surface area contributed by atoms with Gasteiger partial charge in [0.2, 0.25) is 0 Å². The lowest BCUT2D eigenvalue weighted by Gasteiger charge is -2.08. The summed E-state index contributed by atoms with van der Waals surface area (Å²) in [6.45, 7) is 7.19. The van der Waals surface area contributed by atoms with Crippen LogP contribution in [0.3, 0.4) is 0 Å². The summed E-state index contributed by atoms with van der Waals surface area (Å²) in [6, 6.07) is 2.09. The first kappa shape index (κ1) is 11.6. The third kappa shape index (κ3) is 2.46. The minimum Gasteiger partial charge on any atom is -0.384 e. The highest BCUT2D eigenvalue weighted by molar-refractivity contribution is 5.48. The van der Waals surface area contributed by atoms with E-state index in [1.165, 1.54) is 0 Å². The quantitative estimate of drug-likeness (QED) is 0.878. The maximum atomic E-state index is 4.30. The van der Waals surface area contributed by atoms with Crippen molar-refractivity contribution in [2.75, 3.05) is 11.9 Å². The molecule has 4 nitrogen and oxygen atoms in total. The second kappa shape index (κ2) is 4.99. The number of aromatic nitrogens is 3. The third-order valence-electron chi connectivity index (χ3n) is 2.83. The number of pyridine rings is 1. The van der Waals surface area contributed by atoms with Crippen molar-refractivity contribution in [3.05, 3.63) is 36.2 Å². The van der Waals surface area contributed by atoms with Gasteiger partial charge in [-0.05, 0) is 26.3 Å². The molecule has 0 aromatic carbocycles. The zero-order valence-electron chi connectivity index (χ0n) is 10.6. The van der Waals surface area contributed by atoms with E-state index in [9.17, 15) is 0 Å². The Kier molecular flexibility index (Phi) is 3.42. The maximum Gasteiger partial charge on any atom is 0.0997 e. The van der Waals surface area contributed by atoms with Gasteiger partial charge in [0.05, 0.1) is 35.8 Å². The zero-order valence-corrected chi connectivity index (χ0v) is 10.6. The molecule has 1 N–H and O–H groups in total. The van der Waals surface area contributed by atoms with Crippen molar-refractivity contribution < 1.29 is 0 Å². The van der Waals surface area contributed by atoms with Crippen LogP contribution in [0.2, 0.25) is 0 Å². The average Bonchev–Trinajstić information content (AvgIpc) is 2.68. The predicted octanol–water partition coefficient (Wildman–Crippen LogP) is 2.71. The zero-order chi connectivity index (χ0) is 12.3. The van der Waals surface area contributed by atoms with Crippen LogP contribution in [0.5, 0.6) is 0 Å². The summed E-state index contributed by atoms with van der Waals surface area (Å²) in [5.74, 6) is 0. The van der Waals surface area contributed by atoms with Gasteiger partial charge < -0.3 is 9.88 Å². The van der Waals surface area contributed by atoms with Crippen molar-refractivity contribution in [1.29, 1.82) is 0 Å². The van der Waals surface area contributed by atoms with E-state index < -0.39 is 0 Å². The molecular formula is C13H18N4. The number of nitrogens with one attached hydrogen (secondary N) is 1. The Hall–Kier alpha value is -1.84. The van der Waals surface area contributed by atoms with Crippen LogP contribution in [0, 0.1) is 13.8 Å². The van der Waals surface area contributed by atoms with Gasteiger partial charge in [-0.15, -0.1) is 0 Å². The minimum absolute atomic E-state index is 0.965. The van der Waals surface area contributed by atoms with Crippen molar-refractivity contribution in [1.82, 2.24) is 14.5 Å². The fraction of sp³-hybridized carbons (Fsp3) is 0.385. The molecule has 0 aliphatic carbocycles. The Morgan fingerprint density at radius 2 is 2.12 bits per heavy atom. The summed E-state index contributed by atoms with van der Waals surface area (Å²) >= 11 is 0. The van der Waals surface area contributed by atoms with Crippen LogP contribution in [-0.2, 0) is 0 Å². The Morgan fingerprint density at radius 3 is 2.76 bits per heavy atom. The van der Waals surface area contributed by atoms with E-state index in [4.69, 9.17) is 0 Å². The van der Waals surface area contributed by atoms with Gasteiger partial charge in [0.15, 0.2) is 0 Å². The van der Waals surface area contributed by atoms with Crippen molar-refractivity contribution in [2.24, 2.45) is 0 Å². The molecule has 90 valence electrons. The van der Waals surface area contributed by atoms with Crippen LogP contribution in [0.1, 0.15) is 24.7 Å². The number of rotatable bonds is 4. The Morgan fingerprint density at radius 1 is 1.29 bits per heavy atom. The van der Waals surface area contributed by atoms with Crippen molar-refractivity contribution in [3.63, 3.8) is 0 Å². The lowest BCUT2D eigenvalue weighted by atomic mass is 10.3. The molecule has 0 aliphatic rings. The highest BCUT2D eigenvalue weighted by Crippen LogP contribution is 2.16. The molecule has 2 aromatic heterocycles. The van der Waals surface area contributed by atoms with Crippen LogP contribution in [-0.4, -0.2) is 21.1 Å². The molecule has 0 amide bonds. The molecule has 2 aromatic rings. The fourth-order valence-electron chi connectivity index (χ4n) is 1.68. The van der Waals surface area contributed by atoms with Gasteiger partial charge in [0, 0.05) is 12.2 Å². The molecule has 0 spiro atoms. The number of aryl methyl sites for hydroxylation is 1. The van der Waals surface area contributed by atoms with E-state index in [0.717, 1.165) is 35.7 Å². The summed E-state index contributed by atoms with van der Waals surface area (Å²) in [7, 11) is 0.